The van der Waals surface area contributed by atoms with E-state index < -0.39 is 22.9 Å². The van der Waals surface area contributed by atoms with Crippen LogP contribution in [0.3, 0.4) is 0 Å². The Morgan fingerprint density at radius 3 is 2.61 bits per heavy atom. The third-order valence-corrected chi connectivity index (χ3v) is 4.25. The maximum Gasteiger partial charge on any atom is 0.417 e. The molecule has 0 aliphatic carbocycles. The number of nitrogens with zero attached hydrogens (tertiary/aromatic N) is 3. The molecule has 0 fully saturated rings. The largest absolute Gasteiger partial charge is 0.449 e. The normalized spacial score (nSPS) is 11.4. The molecule has 0 unspecified atom stereocenters. The van der Waals surface area contributed by atoms with Gasteiger partial charge in [0.25, 0.3) is 5.56 Å². The first-order valence-electron chi connectivity index (χ1n) is 8.50. The first kappa shape index (κ1) is 19.4. The van der Waals surface area contributed by atoms with Gasteiger partial charge in [-0.1, -0.05) is 30.7 Å². The SMILES string of the molecule is CCc1nc(Cn2c(-c3cccc(C)c3)cc(C(F)(F)F)c(C#N)c2=O)co1. The van der Waals surface area contributed by atoms with Crippen molar-refractivity contribution in [2.24, 2.45) is 0 Å². The summed E-state index contributed by atoms with van der Waals surface area (Å²) < 4.78 is 46.8. The smallest absolute Gasteiger partial charge is 0.417 e. The fourth-order valence-electron chi connectivity index (χ4n) is 2.92. The Morgan fingerprint density at radius 1 is 1.29 bits per heavy atom. The van der Waals surface area contributed by atoms with Crippen molar-refractivity contribution >= 4 is 0 Å². The van der Waals surface area contributed by atoms with Gasteiger partial charge in [0.1, 0.15) is 17.9 Å². The molecule has 1 aromatic carbocycles. The molecule has 3 rings (SSSR count). The van der Waals surface area contributed by atoms with Gasteiger partial charge >= 0.3 is 6.18 Å². The molecule has 0 aliphatic heterocycles. The third kappa shape index (κ3) is 3.69. The van der Waals surface area contributed by atoms with Gasteiger partial charge < -0.3 is 8.98 Å². The molecule has 0 aliphatic rings. The second-order valence-corrected chi connectivity index (χ2v) is 6.27. The van der Waals surface area contributed by atoms with E-state index >= 15 is 0 Å². The second kappa shape index (κ2) is 7.35. The quantitative estimate of drug-likeness (QED) is 0.669. The monoisotopic (exact) mass is 387 g/mol. The molecule has 0 N–H and O–H groups in total. The van der Waals surface area contributed by atoms with E-state index in [2.05, 4.69) is 4.98 Å². The number of hydrogen-bond acceptors (Lipinski definition) is 4. The van der Waals surface area contributed by atoms with Gasteiger partial charge in [0.15, 0.2) is 5.89 Å². The highest BCUT2D eigenvalue weighted by Gasteiger charge is 2.36. The predicted octanol–water partition coefficient (Wildman–Crippen LogP) is 4.31. The molecule has 3 aromatic rings. The average molecular weight is 387 g/mol. The number of aromatic nitrogens is 2. The Hall–Kier alpha value is -3.34. The number of oxazole rings is 1. The van der Waals surface area contributed by atoms with E-state index in [-0.39, 0.29) is 12.2 Å². The number of rotatable bonds is 4. The van der Waals surface area contributed by atoms with Crippen LogP contribution in [-0.2, 0) is 19.1 Å². The van der Waals surface area contributed by atoms with Crippen molar-refractivity contribution in [3.8, 4) is 17.3 Å². The summed E-state index contributed by atoms with van der Waals surface area (Å²) in [5.41, 5.74) is -1.51. The molecule has 0 atom stereocenters. The Labute approximate surface area is 158 Å². The molecule has 144 valence electrons. The minimum absolute atomic E-state index is 0.0565. The van der Waals surface area contributed by atoms with E-state index in [0.717, 1.165) is 16.2 Å². The highest BCUT2D eigenvalue weighted by Crippen LogP contribution is 2.33. The van der Waals surface area contributed by atoms with Gasteiger partial charge in [-0.3, -0.25) is 4.79 Å². The van der Waals surface area contributed by atoms with Gasteiger partial charge in [-0.2, -0.15) is 18.4 Å². The topological polar surface area (TPSA) is 71.8 Å². The first-order chi connectivity index (χ1) is 13.2. The lowest BCUT2D eigenvalue weighted by atomic mass is 10.0. The summed E-state index contributed by atoms with van der Waals surface area (Å²) in [5, 5.41) is 9.20. The van der Waals surface area contributed by atoms with E-state index in [1.165, 1.54) is 12.3 Å². The molecule has 0 bridgehead atoms. The zero-order valence-corrected chi connectivity index (χ0v) is 15.2. The van der Waals surface area contributed by atoms with Crippen LogP contribution in [0.5, 0.6) is 0 Å². The summed E-state index contributed by atoms with van der Waals surface area (Å²) in [6.45, 7) is 3.52. The summed E-state index contributed by atoms with van der Waals surface area (Å²) in [5.74, 6) is 0.451. The van der Waals surface area contributed by atoms with Crippen molar-refractivity contribution in [1.29, 1.82) is 5.26 Å². The summed E-state index contributed by atoms with van der Waals surface area (Å²) in [4.78, 5) is 17.0. The van der Waals surface area contributed by atoms with Crippen molar-refractivity contribution in [3.05, 3.63) is 75.2 Å². The third-order valence-electron chi connectivity index (χ3n) is 4.25. The molecule has 0 spiro atoms. The standard InChI is InChI=1S/C20H16F3N3O2/c1-3-18-25-14(11-28-18)10-26-17(13-6-4-5-12(2)7-13)8-16(20(21,22)23)15(9-24)19(26)27/h4-8,11H,3,10H2,1-2H3. The Balaban J connectivity index is 2.29. The summed E-state index contributed by atoms with van der Waals surface area (Å²) in [7, 11) is 0. The Kier molecular flexibility index (Phi) is 5.10. The fraction of sp³-hybridized carbons (Fsp3) is 0.250. The highest BCUT2D eigenvalue weighted by molar-refractivity contribution is 5.63. The molecule has 8 heteroatoms. The van der Waals surface area contributed by atoms with Crippen LogP contribution in [0, 0.1) is 18.3 Å². The van der Waals surface area contributed by atoms with Gasteiger partial charge in [-0.05, 0) is 24.6 Å². The van der Waals surface area contributed by atoms with E-state index in [0.29, 0.717) is 23.6 Å². The lowest BCUT2D eigenvalue weighted by molar-refractivity contribution is -0.137. The maximum absolute atomic E-state index is 13.5. The Bertz CT molecular complexity index is 1120. The minimum Gasteiger partial charge on any atom is -0.449 e. The number of benzene rings is 1. The van der Waals surface area contributed by atoms with Crippen LogP contribution in [0.25, 0.3) is 11.3 Å². The first-order valence-corrected chi connectivity index (χ1v) is 8.50. The van der Waals surface area contributed by atoms with Crippen LogP contribution >= 0.6 is 0 Å². The molecule has 2 aromatic heterocycles. The van der Waals surface area contributed by atoms with Crippen LogP contribution in [0.15, 0.2) is 45.8 Å². The summed E-state index contributed by atoms with van der Waals surface area (Å²) >= 11 is 0. The van der Waals surface area contributed by atoms with Crippen molar-refractivity contribution in [2.45, 2.75) is 33.0 Å². The van der Waals surface area contributed by atoms with Crippen LogP contribution in [0.1, 0.15) is 35.2 Å². The van der Waals surface area contributed by atoms with E-state index in [9.17, 15) is 23.2 Å². The number of halogens is 3. The predicted molar refractivity (Wildman–Crippen MR) is 95.6 cm³/mol. The number of aryl methyl sites for hydroxylation is 2. The number of pyridine rings is 1. The van der Waals surface area contributed by atoms with Gasteiger partial charge in [0.05, 0.1) is 23.5 Å². The van der Waals surface area contributed by atoms with Crippen LogP contribution in [0.2, 0.25) is 0 Å². The molecule has 28 heavy (non-hydrogen) atoms. The van der Waals surface area contributed by atoms with Crippen LogP contribution < -0.4 is 5.56 Å². The van der Waals surface area contributed by atoms with E-state index in [4.69, 9.17) is 4.42 Å². The molecule has 0 amide bonds. The molecule has 0 saturated heterocycles. The second-order valence-electron chi connectivity index (χ2n) is 6.27. The van der Waals surface area contributed by atoms with Crippen LogP contribution in [0.4, 0.5) is 13.2 Å². The minimum atomic E-state index is -4.83. The maximum atomic E-state index is 13.5. The lowest BCUT2D eigenvalue weighted by Crippen LogP contribution is -2.28. The van der Waals surface area contributed by atoms with Gasteiger partial charge in [-0.15, -0.1) is 0 Å². The molecule has 2 heterocycles. The van der Waals surface area contributed by atoms with E-state index in [1.807, 2.05) is 6.92 Å². The molecular weight excluding hydrogens is 371 g/mol. The van der Waals surface area contributed by atoms with Crippen molar-refractivity contribution in [1.82, 2.24) is 9.55 Å². The van der Waals surface area contributed by atoms with Gasteiger partial charge in [-0.25, -0.2) is 4.98 Å². The van der Waals surface area contributed by atoms with Crippen LogP contribution in [-0.4, -0.2) is 9.55 Å². The number of hydrogen-bond donors (Lipinski definition) is 0. The zero-order valence-electron chi connectivity index (χ0n) is 15.2. The van der Waals surface area contributed by atoms with E-state index in [1.54, 1.807) is 31.2 Å². The molecule has 5 nitrogen and oxygen atoms in total. The molecule has 0 radical (unpaired) electrons. The lowest BCUT2D eigenvalue weighted by Gasteiger charge is -2.17. The van der Waals surface area contributed by atoms with Gasteiger partial charge in [0, 0.05) is 6.42 Å². The molecular formula is C20H16F3N3O2. The fourth-order valence-corrected chi connectivity index (χ4v) is 2.92. The number of alkyl halides is 3. The van der Waals surface area contributed by atoms with Crippen molar-refractivity contribution < 1.29 is 17.6 Å². The number of nitriles is 1. The highest BCUT2D eigenvalue weighted by atomic mass is 19.4. The van der Waals surface area contributed by atoms with Crippen molar-refractivity contribution in [3.63, 3.8) is 0 Å². The van der Waals surface area contributed by atoms with Gasteiger partial charge in [0.2, 0.25) is 0 Å². The summed E-state index contributed by atoms with van der Waals surface area (Å²) in [6.07, 6.45) is -2.93. The molecule has 0 saturated carbocycles. The zero-order chi connectivity index (χ0) is 20.5. The van der Waals surface area contributed by atoms with Crippen molar-refractivity contribution in [2.75, 3.05) is 0 Å². The summed E-state index contributed by atoms with van der Waals surface area (Å²) in [6, 6.07) is 9.03. The average Bonchev–Trinajstić information content (AvgIpc) is 3.10. The Morgan fingerprint density at radius 2 is 2.04 bits per heavy atom.